The Labute approximate surface area is 133 Å². The summed E-state index contributed by atoms with van der Waals surface area (Å²) >= 11 is 0. The van der Waals surface area contributed by atoms with Crippen molar-refractivity contribution in [3.8, 4) is 5.88 Å². The van der Waals surface area contributed by atoms with Gasteiger partial charge in [0.2, 0.25) is 23.6 Å². The van der Waals surface area contributed by atoms with Gasteiger partial charge in [0.1, 0.15) is 19.0 Å². The van der Waals surface area contributed by atoms with Gasteiger partial charge in [-0.3, -0.25) is 19.3 Å². The summed E-state index contributed by atoms with van der Waals surface area (Å²) in [5.41, 5.74) is 0. The number of piperidine rings is 1. The van der Waals surface area contributed by atoms with Crippen molar-refractivity contribution in [2.75, 3.05) is 19.6 Å². The number of aromatic nitrogens is 2. The van der Waals surface area contributed by atoms with Crippen molar-refractivity contribution < 1.29 is 19.1 Å². The Kier molecular flexibility index (Phi) is 4.50. The van der Waals surface area contributed by atoms with Gasteiger partial charge >= 0.3 is 0 Å². The molecule has 0 aromatic carbocycles. The summed E-state index contributed by atoms with van der Waals surface area (Å²) in [7, 11) is 0. The van der Waals surface area contributed by atoms with E-state index >= 15 is 0 Å². The Morgan fingerprint density at radius 2 is 2.09 bits per heavy atom. The van der Waals surface area contributed by atoms with Crippen LogP contribution in [0, 0.1) is 0 Å². The fraction of sp³-hybridized carbons (Fsp3) is 0.533. The topological polar surface area (TPSA) is 92.7 Å². The molecule has 0 saturated carbocycles. The minimum atomic E-state index is -0.269. The van der Waals surface area contributed by atoms with Gasteiger partial charge in [-0.25, -0.2) is 9.97 Å². The Morgan fingerprint density at radius 3 is 2.78 bits per heavy atom. The smallest absolute Gasteiger partial charge is 0.242 e. The second-order valence-corrected chi connectivity index (χ2v) is 5.64. The Morgan fingerprint density at radius 1 is 1.30 bits per heavy atom. The van der Waals surface area contributed by atoms with E-state index in [0.29, 0.717) is 19.0 Å². The molecule has 23 heavy (non-hydrogen) atoms. The normalized spacial score (nSPS) is 21.7. The van der Waals surface area contributed by atoms with Gasteiger partial charge in [-0.05, 0) is 12.8 Å². The van der Waals surface area contributed by atoms with E-state index in [-0.39, 0.29) is 43.2 Å². The van der Waals surface area contributed by atoms with Crippen LogP contribution in [0.25, 0.3) is 0 Å². The Bertz CT molecular complexity index is 591. The maximum absolute atomic E-state index is 12.3. The van der Waals surface area contributed by atoms with Crippen LogP contribution in [-0.4, -0.2) is 63.2 Å². The molecule has 122 valence electrons. The zero-order valence-corrected chi connectivity index (χ0v) is 12.7. The van der Waals surface area contributed by atoms with Crippen LogP contribution in [0.3, 0.4) is 0 Å². The molecule has 8 heteroatoms. The van der Waals surface area contributed by atoms with Crippen LogP contribution in [0.4, 0.5) is 0 Å². The van der Waals surface area contributed by atoms with Crippen molar-refractivity contribution in [3.05, 3.63) is 18.6 Å². The maximum atomic E-state index is 12.3. The molecule has 3 heterocycles. The van der Waals surface area contributed by atoms with Gasteiger partial charge in [-0.15, -0.1) is 0 Å². The van der Waals surface area contributed by atoms with E-state index in [9.17, 15) is 14.4 Å². The summed E-state index contributed by atoms with van der Waals surface area (Å²) in [6.45, 7) is 0.871. The third-order valence-corrected chi connectivity index (χ3v) is 4.02. The predicted molar refractivity (Wildman–Crippen MR) is 78.2 cm³/mol. The molecular weight excluding hydrogens is 300 g/mol. The quantitative estimate of drug-likeness (QED) is 0.725. The van der Waals surface area contributed by atoms with Gasteiger partial charge in [0.25, 0.3) is 0 Å². The molecule has 0 spiro atoms. The molecule has 2 aliphatic rings. The molecule has 1 atom stereocenters. The molecule has 8 nitrogen and oxygen atoms in total. The highest BCUT2D eigenvalue weighted by molar-refractivity contribution is 6.04. The first-order valence-electron chi connectivity index (χ1n) is 7.67. The number of likely N-dealkylation sites (tertiary alicyclic amines) is 2. The average molecular weight is 318 g/mol. The number of carbonyl (C=O) groups excluding carboxylic acids is 3. The van der Waals surface area contributed by atoms with Gasteiger partial charge < -0.3 is 9.64 Å². The van der Waals surface area contributed by atoms with E-state index in [1.165, 1.54) is 6.33 Å². The van der Waals surface area contributed by atoms with Gasteiger partial charge in [0, 0.05) is 31.6 Å². The number of nitrogens with zero attached hydrogens (tertiary/aromatic N) is 4. The fourth-order valence-electron chi connectivity index (χ4n) is 2.81. The van der Waals surface area contributed by atoms with Crippen LogP contribution in [-0.2, 0) is 14.4 Å². The summed E-state index contributed by atoms with van der Waals surface area (Å²) in [6, 6.07) is 1.67. The van der Waals surface area contributed by atoms with E-state index in [1.807, 2.05) is 0 Å². The van der Waals surface area contributed by atoms with Gasteiger partial charge in [0.05, 0.1) is 6.54 Å². The molecule has 2 fully saturated rings. The number of hydrogen-bond acceptors (Lipinski definition) is 6. The largest absolute Gasteiger partial charge is 0.472 e. The summed E-state index contributed by atoms with van der Waals surface area (Å²) in [5.74, 6) is -0.280. The lowest BCUT2D eigenvalue weighted by Crippen LogP contribution is -2.48. The molecular formula is C15H18N4O4. The Hall–Kier alpha value is -2.51. The zero-order chi connectivity index (χ0) is 16.2. The van der Waals surface area contributed by atoms with Gasteiger partial charge in [-0.2, -0.15) is 0 Å². The third kappa shape index (κ3) is 3.64. The molecule has 0 radical (unpaired) electrons. The molecule has 3 amide bonds. The van der Waals surface area contributed by atoms with Crippen molar-refractivity contribution in [2.24, 2.45) is 0 Å². The van der Waals surface area contributed by atoms with E-state index in [1.54, 1.807) is 17.2 Å². The molecule has 2 aliphatic heterocycles. The van der Waals surface area contributed by atoms with Crippen LogP contribution in [0.2, 0.25) is 0 Å². The van der Waals surface area contributed by atoms with Crippen molar-refractivity contribution in [1.82, 2.24) is 19.8 Å². The molecule has 0 N–H and O–H groups in total. The molecule has 0 aliphatic carbocycles. The minimum absolute atomic E-state index is 0.146. The first-order valence-corrected chi connectivity index (χ1v) is 7.67. The highest BCUT2D eigenvalue weighted by Gasteiger charge is 2.33. The van der Waals surface area contributed by atoms with Crippen molar-refractivity contribution in [2.45, 2.75) is 31.8 Å². The molecule has 0 bridgehead atoms. The number of imide groups is 1. The van der Waals surface area contributed by atoms with E-state index < -0.39 is 0 Å². The summed E-state index contributed by atoms with van der Waals surface area (Å²) in [4.78, 5) is 46.1. The van der Waals surface area contributed by atoms with E-state index in [0.717, 1.165) is 17.7 Å². The monoisotopic (exact) mass is 318 g/mol. The number of hydrogen-bond donors (Lipinski definition) is 0. The lowest BCUT2D eigenvalue weighted by Gasteiger charge is -2.33. The lowest BCUT2D eigenvalue weighted by atomic mass is 10.1. The van der Waals surface area contributed by atoms with Crippen molar-refractivity contribution in [1.29, 1.82) is 0 Å². The predicted octanol–water partition coefficient (Wildman–Crippen LogP) is -0.00460. The number of amides is 3. The van der Waals surface area contributed by atoms with Gasteiger partial charge in [-0.1, -0.05) is 0 Å². The minimum Gasteiger partial charge on any atom is -0.472 e. The first-order chi connectivity index (χ1) is 11.1. The van der Waals surface area contributed by atoms with Crippen molar-refractivity contribution in [3.63, 3.8) is 0 Å². The van der Waals surface area contributed by atoms with Crippen LogP contribution < -0.4 is 4.74 Å². The van der Waals surface area contributed by atoms with Crippen LogP contribution >= 0.6 is 0 Å². The SMILES string of the molecule is O=C(CN1C(=O)CCC1=O)N1CCC[C@H](Oc2ccncn2)C1. The number of carbonyl (C=O) groups is 3. The van der Waals surface area contributed by atoms with Crippen LogP contribution in [0.1, 0.15) is 25.7 Å². The molecule has 0 unspecified atom stereocenters. The molecule has 1 aromatic rings. The van der Waals surface area contributed by atoms with E-state index in [4.69, 9.17) is 4.74 Å². The molecule has 1 aromatic heterocycles. The number of ether oxygens (including phenoxy) is 1. The van der Waals surface area contributed by atoms with Crippen molar-refractivity contribution >= 4 is 17.7 Å². The Balaban J connectivity index is 1.56. The second-order valence-electron chi connectivity index (χ2n) is 5.64. The molecule has 3 rings (SSSR count). The summed E-state index contributed by atoms with van der Waals surface area (Å²) in [6.07, 6.45) is 4.90. The summed E-state index contributed by atoms with van der Waals surface area (Å²) < 4.78 is 5.76. The first kappa shape index (κ1) is 15.4. The summed E-state index contributed by atoms with van der Waals surface area (Å²) in [5, 5.41) is 0. The average Bonchev–Trinajstić information content (AvgIpc) is 2.88. The molecule has 2 saturated heterocycles. The lowest BCUT2D eigenvalue weighted by molar-refractivity contribution is -0.146. The van der Waals surface area contributed by atoms with Crippen LogP contribution in [0.15, 0.2) is 18.6 Å². The standard InChI is InChI=1S/C15H18N4O4/c20-13-3-4-14(21)19(13)9-15(22)18-7-1-2-11(8-18)23-12-5-6-16-10-17-12/h5-6,10-11H,1-4,7-9H2/t11-/m0/s1. The second kappa shape index (κ2) is 6.72. The highest BCUT2D eigenvalue weighted by atomic mass is 16.5. The fourth-order valence-corrected chi connectivity index (χ4v) is 2.81. The van der Waals surface area contributed by atoms with Crippen LogP contribution in [0.5, 0.6) is 5.88 Å². The number of rotatable bonds is 4. The maximum Gasteiger partial charge on any atom is 0.242 e. The zero-order valence-electron chi connectivity index (χ0n) is 12.7. The third-order valence-electron chi connectivity index (χ3n) is 4.02. The highest BCUT2D eigenvalue weighted by Crippen LogP contribution is 2.17. The van der Waals surface area contributed by atoms with Gasteiger partial charge in [0.15, 0.2) is 0 Å². The van der Waals surface area contributed by atoms with E-state index in [2.05, 4.69) is 9.97 Å².